The molecule has 0 aliphatic heterocycles. The van der Waals surface area contributed by atoms with Crippen LogP contribution in [0.5, 0.6) is 0 Å². The number of sulfone groups is 1. The van der Waals surface area contributed by atoms with Crippen molar-refractivity contribution in [3.8, 4) is 0 Å². The van der Waals surface area contributed by atoms with Crippen molar-refractivity contribution in [2.45, 2.75) is 64.2 Å². The average Bonchev–Trinajstić information content (AvgIpc) is 2.25. The van der Waals surface area contributed by atoms with Gasteiger partial charge in [-0.2, -0.15) is 0 Å². The van der Waals surface area contributed by atoms with Crippen molar-refractivity contribution < 1.29 is 8.42 Å². The Morgan fingerprint density at radius 1 is 1.24 bits per heavy atom. The van der Waals surface area contributed by atoms with Crippen LogP contribution in [0.15, 0.2) is 0 Å². The minimum atomic E-state index is -2.92. The summed E-state index contributed by atoms with van der Waals surface area (Å²) in [5.41, 5.74) is 0. The number of rotatable bonds is 6. The van der Waals surface area contributed by atoms with Gasteiger partial charge in [-0.25, -0.2) is 8.42 Å². The smallest absolute Gasteiger partial charge is 0.154 e. The lowest BCUT2D eigenvalue weighted by molar-refractivity contribution is 0.370. The Balaban J connectivity index is 2.69. The Bertz CT molecular complexity index is 311. The second-order valence-electron chi connectivity index (χ2n) is 5.61. The molecule has 1 saturated carbocycles. The Morgan fingerprint density at radius 3 is 2.47 bits per heavy atom. The van der Waals surface area contributed by atoms with E-state index < -0.39 is 9.84 Å². The highest BCUT2D eigenvalue weighted by Crippen LogP contribution is 2.26. The van der Waals surface area contributed by atoms with E-state index in [0.29, 0.717) is 5.75 Å². The number of hydrogen-bond acceptors (Lipinski definition) is 3. The second-order valence-corrected chi connectivity index (χ2v) is 7.87. The normalized spacial score (nSPS) is 26.4. The fourth-order valence-corrected chi connectivity index (χ4v) is 5.11. The maximum absolute atomic E-state index is 12.3. The lowest BCUT2D eigenvalue weighted by Crippen LogP contribution is -2.47. The largest absolute Gasteiger partial charge is 0.313 e. The monoisotopic (exact) mass is 261 g/mol. The molecular formula is C13H27NO2S. The van der Waals surface area contributed by atoms with Gasteiger partial charge in [0.1, 0.15) is 0 Å². The highest BCUT2D eigenvalue weighted by molar-refractivity contribution is 7.92. The first kappa shape index (κ1) is 15.0. The molecule has 102 valence electrons. The van der Waals surface area contributed by atoms with Gasteiger partial charge in [-0.05, 0) is 31.7 Å². The summed E-state index contributed by atoms with van der Waals surface area (Å²) in [7, 11) is -2.92. The molecule has 4 heteroatoms. The quantitative estimate of drug-likeness (QED) is 0.798. The van der Waals surface area contributed by atoms with Crippen LogP contribution < -0.4 is 5.32 Å². The van der Waals surface area contributed by atoms with Gasteiger partial charge >= 0.3 is 0 Å². The summed E-state index contributed by atoms with van der Waals surface area (Å²) in [5, 5.41) is 3.27. The predicted molar refractivity (Wildman–Crippen MR) is 73.0 cm³/mol. The van der Waals surface area contributed by atoms with Gasteiger partial charge in [0.05, 0.1) is 11.0 Å². The summed E-state index contributed by atoms with van der Waals surface area (Å²) < 4.78 is 24.7. The van der Waals surface area contributed by atoms with E-state index >= 15 is 0 Å². The van der Waals surface area contributed by atoms with Gasteiger partial charge in [-0.3, -0.25) is 0 Å². The topological polar surface area (TPSA) is 46.2 Å². The highest BCUT2D eigenvalue weighted by Gasteiger charge is 2.35. The molecule has 0 heterocycles. The van der Waals surface area contributed by atoms with Crippen molar-refractivity contribution in [2.24, 2.45) is 5.92 Å². The molecule has 0 saturated heterocycles. The first-order valence-corrected chi connectivity index (χ1v) is 8.64. The van der Waals surface area contributed by atoms with Gasteiger partial charge in [-0.1, -0.05) is 33.6 Å². The maximum Gasteiger partial charge on any atom is 0.154 e. The molecule has 2 unspecified atom stereocenters. The van der Waals surface area contributed by atoms with Crippen molar-refractivity contribution in [2.75, 3.05) is 12.3 Å². The van der Waals surface area contributed by atoms with E-state index in [2.05, 4.69) is 12.2 Å². The van der Waals surface area contributed by atoms with E-state index in [9.17, 15) is 8.42 Å². The molecule has 0 spiro atoms. The molecule has 0 bridgehead atoms. The number of nitrogens with one attached hydrogen (secondary N) is 1. The van der Waals surface area contributed by atoms with Crippen LogP contribution in [0.2, 0.25) is 0 Å². The maximum atomic E-state index is 12.3. The summed E-state index contributed by atoms with van der Waals surface area (Å²) in [5.74, 6) is 0.566. The van der Waals surface area contributed by atoms with E-state index in [1.165, 1.54) is 0 Å². The van der Waals surface area contributed by atoms with E-state index in [4.69, 9.17) is 0 Å². The summed E-state index contributed by atoms with van der Waals surface area (Å²) in [4.78, 5) is 0. The van der Waals surface area contributed by atoms with Gasteiger partial charge < -0.3 is 5.32 Å². The van der Waals surface area contributed by atoms with Crippen LogP contribution in [0.1, 0.15) is 52.9 Å². The fourth-order valence-electron chi connectivity index (χ4n) is 2.68. The molecular weight excluding hydrogens is 234 g/mol. The van der Waals surface area contributed by atoms with E-state index in [1.54, 1.807) is 0 Å². The van der Waals surface area contributed by atoms with Crippen molar-refractivity contribution in [1.29, 1.82) is 0 Å². The molecule has 0 aromatic rings. The van der Waals surface area contributed by atoms with Gasteiger partial charge in [0.15, 0.2) is 9.84 Å². The standard InChI is InChI=1S/C13H27NO2S/c1-4-9-14-12-7-5-6-8-13(12)17(15,16)10-11(2)3/h11-14H,4-10H2,1-3H3. The fraction of sp³-hybridized carbons (Fsp3) is 1.00. The minimum absolute atomic E-state index is 0.148. The first-order valence-electron chi connectivity index (χ1n) is 6.92. The summed E-state index contributed by atoms with van der Waals surface area (Å²) >= 11 is 0. The predicted octanol–water partition coefficient (Wildman–Crippen LogP) is 2.37. The summed E-state index contributed by atoms with van der Waals surface area (Å²) in [6.07, 6.45) is 5.15. The van der Waals surface area contributed by atoms with Gasteiger partial charge in [0.2, 0.25) is 0 Å². The molecule has 1 aliphatic carbocycles. The first-order chi connectivity index (χ1) is 7.97. The van der Waals surface area contributed by atoms with Gasteiger partial charge in [-0.15, -0.1) is 0 Å². The lowest BCUT2D eigenvalue weighted by Gasteiger charge is -2.32. The molecule has 17 heavy (non-hydrogen) atoms. The van der Waals surface area contributed by atoms with E-state index in [0.717, 1.165) is 38.6 Å². The summed E-state index contributed by atoms with van der Waals surface area (Å²) in [6.45, 7) is 7.01. The van der Waals surface area contributed by atoms with Crippen LogP contribution in [0.25, 0.3) is 0 Å². The molecule has 1 rings (SSSR count). The van der Waals surface area contributed by atoms with Crippen LogP contribution in [-0.4, -0.2) is 32.0 Å². The zero-order valence-corrected chi connectivity index (χ0v) is 12.2. The van der Waals surface area contributed by atoms with Crippen LogP contribution in [0.4, 0.5) is 0 Å². The number of hydrogen-bond donors (Lipinski definition) is 1. The molecule has 0 radical (unpaired) electrons. The van der Waals surface area contributed by atoms with Crippen LogP contribution in [0.3, 0.4) is 0 Å². The molecule has 3 nitrogen and oxygen atoms in total. The Morgan fingerprint density at radius 2 is 1.88 bits per heavy atom. The van der Waals surface area contributed by atoms with Gasteiger partial charge in [0, 0.05) is 6.04 Å². The van der Waals surface area contributed by atoms with Crippen molar-refractivity contribution in [3.05, 3.63) is 0 Å². The zero-order valence-electron chi connectivity index (χ0n) is 11.4. The zero-order chi connectivity index (χ0) is 12.9. The Hall–Kier alpha value is -0.0900. The molecule has 0 aromatic carbocycles. The van der Waals surface area contributed by atoms with Gasteiger partial charge in [0.25, 0.3) is 0 Å². The second kappa shape index (κ2) is 6.74. The van der Waals surface area contributed by atoms with E-state index in [-0.39, 0.29) is 17.2 Å². The molecule has 0 amide bonds. The highest BCUT2D eigenvalue weighted by atomic mass is 32.2. The average molecular weight is 261 g/mol. The summed E-state index contributed by atoms with van der Waals surface area (Å²) in [6, 6.07) is 0.187. The molecule has 1 aliphatic rings. The van der Waals surface area contributed by atoms with E-state index in [1.807, 2.05) is 13.8 Å². The Labute approximate surface area is 106 Å². The SMILES string of the molecule is CCCNC1CCCCC1S(=O)(=O)CC(C)C. The molecule has 0 aromatic heterocycles. The van der Waals surface area contributed by atoms with Crippen LogP contribution >= 0.6 is 0 Å². The minimum Gasteiger partial charge on any atom is -0.313 e. The molecule has 2 atom stereocenters. The third kappa shape index (κ3) is 4.59. The molecule has 1 N–H and O–H groups in total. The Kier molecular flexibility index (Phi) is 5.93. The van der Waals surface area contributed by atoms with Crippen molar-refractivity contribution >= 4 is 9.84 Å². The molecule has 1 fully saturated rings. The lowest BCUT2D eigenvalue weighted by atomic mass is 9.95. The van der Waals surface area contributed by atoms with Crippen molar-refractivity contribution in [1.82, 2.24) is 5.32 Å². The third-order valence-corrected chi connectivity index (χ3v) is 6.00. The van der Waals surface area contributed by atoms with Crippen LogP contribution in [-0.2, 0) is 9.84 Å². The van der Waals surface area contributed by atoms with Crippen molar-refractivity contribution in [3.63, 3.8) is 0 Å². The third-order valence-electron chi connectivity index (χ3n) is 3.39. The van der Waals surface area contributed by atoms with Crippen LogP contribution in [0, 0.1) is 5.92 Å².